The third-order valence-corrected chi connectivity index (χ3v) is 5.68. The molecule has 2 aliphatic rings. The molecule has 2 aromatic rings. The lowest BCUT2D eigenvalue weighted by Gasteiger charge is -2.02. The van der Waals surface area contributed by atoms with Crippen LogP contribution in [0.2, 0.25) is 0 Å². The number of amides is 4. The molecule has 4 amide bonds. The first-order chi connectivity index (χ1) is 14.3. The van der Waals surface area contributed by atoms with E-state index in [1.165, 1.54) is 34.1 Å². The third-order valence-electron chi connectivity index (χ3n) is 3.26. The Kier molecular flexibility index (Phi) is 8.73. The summed E-state index contributed by atoms with van der Waals surface area (Å²) < 4.78 is 0. The maximum absolute atomic E-state index is 10.0. The van der Waals surface area contributed by atoms with Gasteiger partial charge in [0.15, 0.2) is 0 Å². The molecule has 0 unspecified atom stereocenters. The summed E-state index contributed by atoms with van der Waals surface area (Å²) in [5, 5.41) is 4.06. The predicted octanol–water partition coefficient (Wildman–Crippen LogP) is 2.05. The van der Waals surface area contributed by atoms with Crippen molar-refractivity contribution in [2.45, 2.75) is 9.79 Å². The van der Waals surface area contributed by atoms with Gasteiger partial charge in [0.25, 0.3) is 23.6 Å². The quantitative estimate of drug-likeness (QED) is 0.321. The van der Waals surface area contributed by atoms with Crippen LogP contribution in [0.4, 0.5) is 11.4 Å². The maximum atomic E-state index is 10.0. The lowest BCUT2D eigenvalue weighted by atomic mass is 10.3. The zero-order valence-corrected chi connectivity index (χ0v) is 17.2. The zero-order valence-electron chi connectivity index (χ0n) is 15.5. The van der Waals surface area contributed by atoms with Gasteiger partial charge >= 0.3 is 0 Å². The minimum Gasteiger partial charge on any atom is -0.399 e. The molecule has 2 aliphatic heterocycles. The van der Waals surface area contributed by atoms with E-state index in [1.54, 1.807) is 21.6 Å². The molecule has 8 nitrogen and oxygen atoms in total. The Morgan fingerprint density at radius 3 is 0.967 bits per heavy atom. The average molecular weight is 443 g/mol. The molecule has 0 bridgehead atoms. The van der Waals surface area contributed by atoms with E-state index in [-0.39, 0.29) is 23.6 Å². The number of nitrogens with two attached hydrogens (primary N) is 2. The van der Waals surface area contributed by atoms with Crippen LogP contribution in [0.25, 0.3) is 0 Å². The molecular formula is C20H18N4O4S2. The summed E-state index contributed by atoms with van der Waals surface area (Å²) >= 11 is 0. The SMILES string of the molecule is Nc1ccc(SSc2ccc(N)cc2)cc1.O=C1C=CC(=O)N1.O=C1C=CC(=O)N1. The minimum absolute atomic E-state index is 0.329. The van der Waals surface area contributed by atoms with Crippen molar-refractivity contribution in [2.75, 3.05) is 11.5 Å². The van der Waals surface area contributed by atoms with Crippen molar-refractivity contribution < 1.29 is 19.2 Å². The Bertz CT molecular complexity index is 873. The van der Waals surface area contributed by atoms with Crippen LogP contribution in [-0.2, 0) is 19.2 Å². The second-order valence-corrected chi connectivity index (χ2v) is 7.95. The van der Waals surface area contributed by atoms with Crippen molar-refractivity contribution in [1.82, 2.24) is 10.6 Å². The molecule has 30 heavy (non-hydrogen) atoms. The molecule has 6 N–H and O–H groups in total. The molecule has 0 saturated heterocycles. The summed E-state index contributed by atoms with van der Waals surface area (Å²) in [4.78, 5) is 42.5. The first-order valence-corrected chi connectivity index (χ1v) is 10.6. The molecule has 2 heterocycles. The fourth-order valence-corrected chi connectivity index (χ4v) is 3.79. The number of hydrogen-bond donors (Lipinski definition) is 4. The lowest BCUT2D eigenvalue weighted by Crippen LogP contribution is -2.19. The van der Waals surface area contributed by atoms with Gasteiger partial charge in [-0.2, -0.15) is 0 Å². The van der Waals surface area contributed by atoms with Crippen molar-refractivity contribution >= 4 is 56.6 Å². The van der Waals surface area contributed by atoms with Crippen LogP contribution in [0.15, 0.2) is 82.6 Å². The Balaban J connectivity index is 0.000000188. The van der Waals surface area contributed by atoms with Crippen LogP contribution in [-0.4, -0.2) is 23.6 Å². The largest absolute Gasteiger partial charge is 0.399 e. The van der Waals surface area contributed by atoms with E-state index >= 15 is 0 Å². The van der Waals surface area contributed by atoms with Gasteiger partial charge in [-0.15, -0.1) is 0 Å². The van der Waals surface area contributed by atoms with Crippen LogP contribution in [0.5, 0.6) is 0 Å². The van der Waals surface area contributed by atoms with E-state index in [4.69, 9.17) is 11.5 Å². The highest BCUT2D eigenvalue weighted by atomic mass is 33.1. The number of nitrogen functional groups attached to an aromatic ring is 2. The molecule has 0 spiro atoms. The van der Waals surface area contributed by atoms with Gasteiger partial charge in [0.2, 0.25) is 0 Å². The van der Waals surface area contributed by atoms with Crippen LogP contribution in [0.3, 0.4) is 0 Å². The normalized spacial score (nSPS) is 13.7. The van der Waals surface area contributed by atoms with Gasteiger partial charge in [-0.1, -0.05) is 21.6 Å². The van der Waals surface area contributed by atoms with Gasteiger partial charge in [0.1, 0.15) is 0 Å². The molecule has 0 fully saturated rings. The first kappa shape index (κ1) is 22.8. The molecular weight excluding hydrogens is 424 g/mol. The molecule has 2 aromatic carbocycles. The summed E-state index contributed by atoms with van der Waals surface area (Å²) in [6, 6.07) is 15.7. The topological polar surface area (TPSA) is 144 Å². The van der Waals surface area contributed by atoms with Crippen molar-refractivity contribution in [3.63, 3.8) is 0 Å². The molecule has 0 radical (unpaired) electrons. The summed E-state index contributed by atoms with van der Waals surface area (Å²) in [7, 11) is 3.42. The van der Waals surface area contributed by atoms with Crippen molar-refractivity contribution in [3.8, 4) is 0 Å². The van der Waals surface area contributed by atoms with Gasteiger partial charge in [0.05, 0.1) is 0 Å². The molecule has 0 saturated carbocycles. The van der Waals surface area contributed by atoms with Crippen LogP contribution < -0.4 is 22.1 Å². The highest BCUT2D eigenvalue weighted by Gasteiger charge is 2.07. The molecule has 0 atom stereocenters. The highest BCUT2D eigenvalue weighted by molar-refractivity contribution is 8.76. The monoisotopic (exact) mass is 442 g/mol. The van der Waals surface area contributed by atoms with E-state index < -0.39 is 0 Å². The number of rotatable bonds is 3. The fourth-order valence-electron chi connectivity index (χ4n) is 1.86. The molecule has 0 aliphatic carbocycles. The van der Waals surface area contributed by atoms with E-state index in [0.29, 0.717) is 0 Å². The highest BCUT2D eigenvalue weighted by Crippen LogP contribution is 2.37. The molecule has 4 rings (SSSR count). The number of hydrogen-bond acceptors (Lipinski definition) is 8. The number of carbonyl (C=O) groups excluding carboxylic acids is 4. The van der Waals surface area contributed by atoms with Crippen LogP contribution in [0.1, 0.15) is 0 Å². The smallest absolute Gasteiger partial charge is 0.250 e. The van der Waals surface area contributed by atoms with Gasteiger partial charge in [-0.05, 0) is 48.5 Å². The second-order valence-electron chi connectivity index (χ2n) is 5.68. The Hall–Kier alpha value is -3.50. The Morgan fingerprint density at radius 1 is 0.500 bits per heavy atom. The van der Waals surface area contributed by atoms with E-state index in [0.717, 1.165) is 11.4 Å². The third kappa shape index (κ3) is 8.67. The van der Waals surface area contributed by atoms with E-state index in [2.05, 4.69) is 0 Å². The Morgan fingerprint density at radius 2 is 0.767 bits per heavy atom. The fraction of sp³-hybridized carbons (Fsp3) is 0. The van der Waals surface area contributed by atoms with E-state index in [9.17, 15) is 19.2 Å². The summed E-state index contributed by atoms with van der Waals surface area (Å²) in [6.45, 7) is 0. The summed E-state index contributed by atoms with van der Waals surface area (Å²) in [6.07, 6.45) is 4.79. The number of imide groups is 2. The standard InChI is InChI=1S/C12H12N2S2.2C4H3NO2/c13-9-1-5-11(6-2-9)15-16-12-7-3-10(14)4-8-12;2*6-3-1-2-4(7)5-3/h1-8H,13-14H2;2*1-2H,(H,5,6,7). The first-order valence-electron chi connectivity index (χ1n) is 8.43. The molecule has 10 heteroatoms. The van der Waals surface area contributed by atoms with Gasteiger partial charge < -0.3 is 11.5 Å². The Labute approximate surface area is 180 Å². The summed E-state index contributed by atoms with van der Waals surface area (Å²) in [5.41, 5.74) is 12.8. The number of anilines is 2. The predicted molar refractivity (Wildman–Crippen MR) is 118 cm³/mol. The lowest BCUT2D eigenvalue weighted by molar-refractivity contribution is -0.125. The van der Waals surface area contributed by atoms with Crippen molar-refractivity contribution in [3.05, 3.63) is 72.8 Å². The molecule has 154 valence electrons. The summed E-state index contributed by atoms with van der Waals surface area (Å²) in [5.74, 6) is -1.31. The van der Waals surface area contributed by atoms with Crippen molar-refractivity contribution in [2.24, 2.45) is 0 Å². The van der Waals surface area contributed by atoms with Crippen LogP contribution in [0, 0.1) is 0 Å². The van der Waals surface area contributed by atoms with Gasteiger partial charge in [0, 0.05) is 45.5 Å². The number of carbonyl (C=O) groups is 4. The maximum Gasteiger partial charge on any atom is 0.250 e. The van der Waals surface area contributed by atoms with Crippen molar-refractivity contribution in [1.29, 1.82) is 0 Å². The minimum atomic E-state index is -0.329. The zero-order chi connectivity index (χ0) is 21.9. The molecule has 0 aromatic heterocycles. The number of benzene rings is 2. The second kappa shape index (κ2) is 11.5. The van der Waals surface area contributed by atoms with Gasteiger partial charge in [-0.25, -0.2) is 0 Å². The number of nitrogens with one attached hydrogen (secondary N) is 2. The van der Waals surface area contributed by atoms with Crippen LogP contribution >= 0.6 is 21.6 Å². The van der Waals surface area contributed by atoms with Gasteiger partial charge in [-0.3, -0.25) is 29.8 Å². The average Bonchev–Trinajstić information content (AvgIpc) is 3.29. The van der Waals surface area contributed by atoms with E-state index in [1.807, 2.05) is 59.2 Å².